The van der Waals surface area contributed by atoms with Gasteiger partial charge in [0.15, 0.2) is 0 Å². The fourth-order valence-electron chi connectivity index (χ4n) is 3.46. The second kappa shape index (κ2) is 9.01. The Morgan fingerprint density at radius 1 is 1.14 bits per heavy atom. The van der Waals surface area contributed by atoms with E-state index < -0.39 is 5.60 Å². The first-order chi connectivity index (χ1) is 13.4. The number of aliphatic hydroxyl groups excluding tert-OH is 1. The van der Waals surface area contributed by atoms with Crippen molar-refractivity contribution in [1.29, 1.82) is 0 Å². The second-order valence-electron chi connectivity index (χ2n) is 8.16. The summed E-state index contributed by atoms with van der Waals surface area (Å²) >= 11 is 1.84. The van der Waals surface area contributed by atoms with Crippen molar-refractivity contribution in [3.8, 4) is 11.1 Å². The normalized spacial score (nSPS) is 19.6. The van der Waals surface area contributed by atoms with Crippen LogP contribution in [0.15, 0.2) is 54.6 Å². The Bertz CT molecular complexity index is 788. The summed E-state index contributed by atoms with van der Waals surface area (Å²) in [6.45, 7) is 6.17. The maximum absolute atomic E-state index is 12.5. The van der Waals surface area contributed by atoms with Gasteiger partial charge in [0.25, 0.3) is 0 Å². The van der Waals surface area contributed by atoms with E-state index in [1.54, 1.807) is 4.90 Å². The van der Waals surface area contributed by atoms with Gasteiger partial charge in [-0.05, 0) is 43.9 Å². The van der Waals surface area contributed by atoms with Crippen molar-refractivity contribution in [3.63, 3.8) is 0 Å². The van der Waals surface area contributed by atoms with Crippen molar-refractivity contribution < 1.29 is 14.6 Å². The summed E-state index contributed by atoms with van der Waals surface area (Å²) in [7, 11) is 0. The summed E-state index contributed by atoms with van der Waals surface area (Å²) in [5, 5.41) is 10.0. The first-order valence-corrected chi connectivity index (χ1v) is 10.8. The Morgan fingerprint density at radius 3 is 2.50 bits per heavy atom. The van der Waals surface area contributed by atoms with Crippen LogP contribution < -0.4 is 0 Å². The topological polar surface area (TPSA) is 49.8 Å². The average Bonchev–Trinajstić information content (AvgIpc) is 3.10. The van der Waals surface area contributed by atoms with Crippen LogP contribution in [0.2, 0.25) is 0 Å². The number of carbonyl (C=O) groups is 1. The van der Waals surface area contributed by atoms with Gasteiger partial charge in [0.05, 0.1) is 12.6 Å². The number of ether oxygens (including phenoxy) is 1. The molecule has 2 aromatic rings. The van der Waals surface area contributed by atoms with Crippen LogP contribution in [0, 0.1) is 0 Å². The lowest BCUT2D eigenvalue weighted by molar-refractivity contribution is 0.0176. The highest BCUT2D eigenvalue weighted by molar-refractivity contribution is 7.99. The molecule has 1 fully saturated rings. The third-order valence-corrected chi connectivity index (χ3v) is 6.08. The van der Waals surface area contributed by atoms with Crippen molar-refractivity contribution in [2.75, 3.05) is 13.2 Å². The summed E-state index contributed by atoms with van der Waals surface area (Å²) in [5.41, 5.74) is 3.22. The minimum atomic E-state index is -0.531. The van der Waals surface area contributed by atoms with Gasteiger partial charge in [0.2, 0.25) is 0 Å². The molecule has 4 nitrogen and oxygen atoms in total. The first kappa shape index (κ1) is 20.7. The van der Waals surface area contributed by atoms with Crippen molar-refractivity contribution in [1.82, 2.24) is 4.90 Å². The van der Waals surface area contributed by atoms with Crippen LogP contribution in [0.5, 0.6) is 0 Å². The highest BCUT2D eigenvalue weighted by atomic mass is 32.2. The Morgan fingerprint density at radius 2 is 1.82 bits per heavy atom. The van der Waals surface area contributed by atoms with Gasteiger partial charge in [0.1, 0.15) is 5.60 Å². The lowest BCUT2D eigenvalue weighted by Gasteiger charge is -2.27. The van der Waals surface area contributed by atoms with E-state index in [1.165, 1.54) is 16.7 Å². The summed E-state index contributed by atoms with van der Waals surface area (Å²) in [5.74, 6) is 0.871. The molecule has 28 heavy (non-hydrogen) atoms. The van der Waals surface area contributed by atoms with E-state index in [0.717, 1.165) is 12.2 Å². The molecule has 1 heterocycles. The molecule has 0 bridgehead atoms. The minimum absolute atomic E-state index is 0.0308. The zero-order valence-corrected chi connectivity index (χ0v) is 17.6. The Balaban J connectivity index is 1.65. The van der Waals surface area contributed by atoms with Crippen LogP contribution in [0.25, 0.3) is 11.1 Å². The van der Waals surface area contributed by atoms with E-state index in [9.17, 15) is 9.90 Å². The molecule has 2 aromatic carbocycles. The summed E-state index contributed by atoms with van der Waals surface area (Å²) in [4.78, 5) is 14.2. The summed E-state index contributed by atoms with van der Waals surface area (Å²) < 4.78 is 5.51. The van der Waals surface area contributed by atoms with E-state index in [4.69, 9.17) is 4.74 Å². The monoisotopic (exact) mass is 399 g/mol. The van der Waals surface area contributed by atoms with E-state index in [1.807, 2.05) is 38.6 Å². The van der Waals surface area contributed by atoms with Gasteiger partial charge >= 0.3 is 6.09 Å². The highest BCUT2D eigenvalue weighted by Gasteiger charge is 2.37. The van der Waals surface area contributed by atoms with E-state index in [-0.39, 0.29) is 24.0 Å². The summed E-state index contributed by atoms with van der Waals surface area (Å²) in [6, 6.07) is 18.7. The van der Waals surface area contributed by atoms with Gasteiger partial charge in [-0.1, -0.05) is 54.6 Å². The van der Waals surface area contributed by atoms with E-state index in [0.29, 0.717) is 6.54 Å². The number of rotatable bonds is 5. The number of nitrogens with zero attached hydrogens (tertiary/aromatic N) is 1. The van der Waals surface area contributed by atoms with Gasteiger partial charge in [-0.2, -0.15) is 11.8 Å². The number of benzene rings is 2. The molecule has 0 aromatic heterocycles. The predicted octanol–water partition coefficient (Wildman–Crippen LogP) is 4.96. The third-order valence-electron chi connectivity index (χ3n) is 4.79. The zero-order valence-electron chi connectivity index (χ0n) is 16.8. The lowest BCUT2D eigenvalue weighted by Crippen LogP contribution is -2.41. The Kier molecular flexibility index (Phi) is 6.68. The molecule has 0 spiro atoms. The van der Waals surface area contributed by atoms with Crippen molar-refractivity contribution in [3.05, 3.63) is 60.2 Å². The molecule has 1 amide bonds. The predicted molar refractivity (Wildman–Crippen MR) is 115 cm³/mol. The maximum atomic E-state index is 12.5. The maximum Gasteiger partial charge on any atom is 0.410 e. The second-order valence-corrected chi connectivity index (χ2v) is 9.45. The fraction of sp³-hybridized carbons (Fsp3) is 0.435. The fourth-order valence-corrected chi connectivity index (χ4v) is 4.76. The van der Waals surface area contributed by atoms with Gasteiger partial charge in [-0.15, -0.1) is 0 Å². The molecule has 150 valence electrons. The number of carbonyl (C=O) groups excluding carboxylic acids is 1. The molecule has 3 rings (SSSR count). The largest absolute Gasteiger partial charge is 0.444 e. The quantitative estimate of drug-likeness (QED) is 0.772. The SMILES string of the molecule is CC(C)(C)OC(=O)N1CC(SCc2ccccc2-c2ccccc2)CC1CO. The molecule has 2 atom stereocenters. The Hall–Kier alpha value is -1.98. The van der Waals surface area contributed by atoms with Crippen molar-refractivity contribution >= 4 is 17.9 Å². The van der Waals surface area contributed by atoms with Crippen LogP contribution in [0.1, 0.15) is 32.8 Å². The molecule has 0 radical (unpaired) electrons. The minimum Gasteiger partial charge on any atom is -0.444 e. The van der Waals surface area contributed by atoms with Gasteiger partial charge in [-0.3, -0.25) is 0 Å². The van der Waals surface area contributed by atoms with Crippen molar-refractivity contribution in [2.24, 2.45) is 0 Å². The number of hydrogen-bond donors (Lipinski definition) is 1. The molecule has 2 unspecified atom stereocenters. The smallest absolute Gasteiger partial charge is 0.410 e. The summed E-state index contributed by atoms with van der Waals surface area (Å²) in [6.07, 6.45) is 0.452. The standard InChI is InChI=1S/C23H29NO3S/c1-23(2,3)27-22(26)24-14-20(13-19(24)15-25)28-16-18-11-7-8-12-21(18)17-9-5-4-6-10-17/h4-12,19-20,25H,13-16H2,1-3H3. The van der Waals surface area contributed by atoms with E-state index >= 15 is 0 Å². The third kappa shape index (κ3) is 5.30. The average molecular weight is 400 g/mol. The molecule has 1 aliphatic rings. The molecular formula is C23H29NO3S. The number of thioether (sulfide) groups is 1. The molecular weight excluding hydrogens is 370 g/mol. The van der Waals surface area contributed by atoms with Gasteiger partial charge in [0, 0.05) is 17.5 Å². The van der Waals surface area contributed by atoms with Gasteiger partial charge < -0.3 is 14.7 Å². The lowest BCUT2D eigenvalue weighted by atomic mass is 10.0. The molecule has 1 aliphatic heterocycles. The number of likely N-dealkylation sites (tertiary alicyclic amines) is 1. The van der Waals surface area contributed by atoms with Crippen LogP contribution >= 0.6 is 11.8 Å². The van der Waals surface area contributed by atoms with Crippen molar-refractivity contribution in [2.45, 2.75) is 49.8 Å². The molecule has 1 saturated heterocycles. The van der Waals surface area contributed by atoms with E-state index in [2.05, 4.69) is 48.5 Å². The van der Waals surface area contributed by atoms with Crippen LogP contribution in [0.4, 0.5) is 4.79 Å². The van der Waals surface area contributed by atoms with Crippen LogP contribution in [-0.4, -0.2) is 46.1 Å². The van der Waals surface area contributed by atoms with Crippen LogP contribution in [-0.2, 0) is 10.5 Å². The molecule has 5 heteroatoms. The number of amides is 1. The number of hydrogen-bond acceptors (Lipinski definition) is 4. The molecule has 1 N–H and O–H groups in total. The van der Waals surface area contributed by atoms with Crippen LogP contribution in [0.3, 0.4) is 0 Å². The number of aliphatic hydroxyl groups is 1. The Labute approximate surface area is 171 Å². The first-order valence-electron chi connectivity index (χ1n) is 9.73. The van der Waals surface area contributed by atoms with Gasteiger partial charge in [-0.25, -0.2) is 4.79 Å². The molecule has 0 saturated carbocycles. The molecule has 0 aliphatic carbocycles. The zero-order chi connectivity index (χ0) is 20.1. The highest BCUT2D eigenvalue weighted by Crippen LogP contribution is 2.33.